The van der Waals surface area contributed by atoms with Gasteiger partial charge in [-0.05, 0) is 54.6 Å². The van der Waals surface area contributed by atoms with Crippen LogP contribution in [0.15, 0.2) is 71.7 Å². The van der Waals surface area contributed by atoms with Crippen molar-refractivity contribution in [1.82, 2.24) is 4.57 Å². The topological polar surface area (TPSA) is 77.4 Å². The molecule has 0 fully saturated rings. The number of methoxy groups -OCH3 is 1. The fourth-order valence-corrected chi connectivity index (χ4v) is 3.49. The standard InChI is InChI=1S/C25H17F3N2O4/c1-34-17-6-2-14(3-7-17)24(32)19-12-30(22-9-4-15(26)10-18(22)25(19)33)13-23(31)29-16-5-8-20(27)21(28)11-16/h2-12H,13H2,1H3,(H,29,31). The number of pyridine rings is 1. The third-order valence-electron chi connectivity index (χ3n) is 5.16. The van der Waals surface area contributed by atoms with Gasteiger partial charge in [-0.15, -0.1) is 0 Å². The molecule has 4 rings (SSSR count). The van der Waals surface area contributed by atoms with Crippen LogP contribution < -0.4 is 15.5 Å². The molecule has 0 spiro atoms. The van der Waals surface area contributed by atoms with Crippen molar-refractivity contribution >= 4 is 28.3 Å². The SMILES string of the molecule is COc1ccc(C(=O)c2cn(CC(=O)Nc3ccc(F)c(F)c3)c3ccc(F)cc3c2=O)cc1. The molecule has 0 saturated heterocycles. The molecule has 6 nitrogen and oxygen atoms in total. The molecule has 0 aliphatic rings. The van der Waals surface area contributed by atoms with Gasteiger partial charge in [0, 0.05) is 28.9 Å². The smallest absolute Gasteiger partial charge is 0.244 e. The van der Waals surface area contributed by atoms with Gasteiger partial charge in [0.05, 0.1) is 18.2 Å². The molecule has 0 saturated carbocycles. The van der Waals surface area contributed by atoms with E-state index in [0.29, 0.717) is 5.75 Å². The summed E-state index contributed by atoms with van der Waals surface area (Å²) in [5.41, 5.74) is -0.504. The Kier molecular flexibility index (Phi) is 6.18. The van der Waals surface area contributed by atoms with Gasteiger partial charge in [0.1, 0.15) is 18.1 Å². The van der Waals surface area contributed by atoms with E-state index < -0.39 is 34.6 Å². The lowest BCUT2D eigenvalue weighted by atomic mass is 10.0. The van der Waals surface area contributed by atoms with Crippen LogP contribution in [0.2, 0.25) is 0 Å². The Morgan fingerprint density at radius 2 is 1.68 bits per heavy atom. The van der Waals surface area contributed by atoms with Crippen LogP contribution in [-0.4, -0.2) is 23.4 Å². The predicted octanol–water partition coefficient (Wildman–Crippen LogP) is 4.30. The molecule has 0 bridgehead atoms. The number of benzene rings is 3. The molecule has 0 radical (unpaired) electrons. The molecular formula is C25H17F3N2O4. The zero-order valence-corrected chi connectivity index (χ0v) is 17.8. The number of carbonyl (C=O) groups excluding carboxylic acids is 2. The summed E-state index contributed by atoms with van der Waals surface area (Å²) in [4.78, 5) is 38.7. The summed E-state index contributed by atoms with van der Waals surface area (Å²) < 4.78 is 46.9. The average Bonchev–Trinajstić information content (AvgIpc) is 2.83. The maximum absolute atomic E-state index is 13.9. The number of hydrogen-bond acceptors (Lipinski definition) is 4. The minimum Gasteiger partial charge on any atom is -0.497 e. The number of halogens is 3. The van der Waals surface area contributed by atoms with Crippen LogP contribution in [0.5, 0.6) is 5.75 Å². The fraction of sp³-hybridized carbons (Fsp3) is 0.0800. The molecule has 9 heteroatoms. The second kappa shape index (κ2) is 9.22. The van der Waals surface area contributed by atoms with E-state index in [-0.39, 0.29) is 34.3 Å². The molecule has 4 aromatic rings. The third-order valence-corrected chi connectivity index (χ3v) is 5.16. The summed E-state index contributed by atoms with van der Waals surface area (Å²) in [6, 6.07) is 12.4. The van der Waals surface area contributed by atoms with Crippen molar-refractivity contribution in [3.63, 3.8) is 0 Å². The molecular weight excluding hydrogens is 449 g/mol. The quantitative estimate of drug-likeness (QED) is 0.430. The van der Waals surface area contributed by atoms with Crippen molar-refractivity contribution in [1.29, 1.82) is 0 Å². The van der Waals surface area contributed by atoms with Crippen LogP contribution in [-0.2, 0) is 11.3 Å². The van der Waals surface area contributed by atoms with E-state index in [0.717, 1.165) is 24.3 Å². The van der Waals surface area contributed by atoms with Crippen LogP contribution in [0.4, 0.5) is 18.9 Å². The lowest BCUT2D eigenvalue weighted by molar-refractivity contribution is -0.116. The van der Waals surface area contributed by atoms with Crippen LogP contribution in [0.3, 0.4) is 0 Å². The first kappa shape index (κ1) is 22.8. The molecule has 3 aromatic carbocycles. The van der Waals surface area contributed by atoms with Crippen LogP contribution in [0.25, 0.3) is 10.9 Å². The van der Waals surface area contributed by atoms with Gasteiger partial charge in [-0.1, -0.05) is 0 Å². The van der Waals surface area contributed by atoms with Gasteiger partial charge < -0.3 is 14.6 Å². The van der Waals surface area contributed by atoms with Crippen LogP contribution in [0, 0.1) is 17.5 Å². The van der Waals surface area contributed by atoms with Crippen molar-refractivity contribution in [3.8, 4) is 5.75 Å². The molecule has 172 valence electrons. The van der Waals surface area contributed by atoms with Crippen molar-refractivity contribution < 1.29 is 27.5 Å². The summed E-state index contributed by atoms with van der Waals surface area (Å²) >= 11 is 0. The number of ether oxygens (including phenoxy) is 1. The first-order chi connectivity index (χ1) is 16.3. The number of aromatic nitrogens is 1. The second-order valence-electron chi connectivity index (χ2n) is 7.40. The summed E-state index contributed by atoms with van der Waals surface area (Å²) in [5, 5.41) is 2.34. The van der Waals surface area contributed by atoms with Gasteiger partial charge in [0.2, 0.25) is 11.3 Å². The van der Waals surface area contributed by atoms with E-state index in [1.807, 2.05) is 0 Å². The second-order valence-corrected chi connectivity index (χ2v) is 7.40. The minimum atomic E-state index is -1.13. The lowest BCUT2D eigenvalue weighted by Gasteiger charge is -2.14. The Morgan fingerprint density at radius 3 is 2.35 bits per heavy atom. The third kappa shape index (κ3) is 4.54. The number of nitrogens with zero attached hydrogens (tertiary/aromatic N) is 1. The zero-order valence-electron chi connectivity index (χ0n) is 17.8. The average molecular weight is 466 g/mol. The van der Waals surface area contributed by atoms with Gasteiger partial charge in [0.15, 0.2) is 17.4 Å². The van der Waals surface area contributed by atoms with Crippen molar-refractivity contribution in [2.75, 3.05) is 12.4 Å². The van der Waals surface area contributed by atoms with Gasteiger partial charge in [-0.3, -0.25) is 14.4 Å². The highest BCUT2D eigenvalue weighted by atomic mass is 19.2. The van der Waals surface area contributed by atoms with E-state index >= 15 is 0 Å². The molecule has 1 heterocycles. The van der Waals surface area contributed by atoms with Gasteiger partial charge >= 0.3 is 0 Å². The lowest BCUT2D eigenvalue weighted by Crippen LogP contribution is -2.24. The Balaban J connectivity index is 1.74. The molecule has 1 aromatic heterocycles. The summed E-state index contributed by atoms with van der Waals surface area (Å²) in [6.45, 7) is -0.385. The number of hydrogen-bond donors (Lipinski definition) is 1. The minimum absolute atomic E-state index is 0.0230. The Morgan fingerprint density at radius 1 is 0.941 bits per heavy atom. The fourth-order valence-electron chi connectivity index (χ4n) is 3.49. The Hall–Kier alpha value is -4.40. The molecule has 0 unspecified atom stereocenters. The summed E-state index contributed by atoms with van der Waals surface area (Å²) in [7, 11) is 1.47. The highest BCUT2D eigenvalue weighted by Crippen LogP contribution is 2.19. The number of fused-ring (bicyclic) bond motifs is 1. The molecule has 34 heavy (non-hydrogen) atoms. The number of rotatable bonds is 6. The number of nitrogens with one attached hydrogen (secondary N) is 1. The van der Waals surface area contributed by atoms with E-state index in [9.17, 15) is 27.6 Å². The molecule has 0 atom stereocenters. The molecule has 1 N–H and O–H groups in total. The molecule has 1 amide bonds. The largest absolute Gasteiger partial charge is 0.497 e. The number of carbonyl (C=O) groups is 2. The van der Waals surface area contributed by atoms with E-state index in [1.54, 1.807) is 12.1 Å². The summed E-state index contributed by atoms with van der Waals surface area (Å²) in [5.74, 6) is -3.61. The van der Waals surface area contributed by atoms with Crippen molar-refractivity contribution in [2.45, 2.75) is 6.54 Å². The number of amides is 1. The van der Waals surface area contributed by atoms with Crippen molar-refractivity contribution in [3.05, 3.63) is 106 Å². The zero-order chi connectivity index (χ0) is 24.4. The molecule has 0 aliphatic heterocycles. The van der Waals surface area contributed by atoms with Crippen LogP contribution >= 0.6 is 0 Å². The highest BCUT2D eigenvalue weighted by molar-refractivity contribution is 6.10. The van der Waals surface area contributed by atoms with Crippen molar-refractivity contribution in [2.24, 2.45) is 0 Å². The Bertz CT molecular complexity index is 1480. The van der Waals surface area contributed by atoms with E-state index in [1.165, 1.54) is 42.1 Å². The maximum atomic E-state index is 13.9. The highest BCUT2D eigenvalue weighted by Gasteiger charge is 2.19. The van der Waals surface area contributed by atoms with E-state index in [2.05, 4.69) is 5.32 Å². The van der Waals surface area contributed by atoms with E-state index in [4.69, 9.17) is 4.74 Å². The first-order valence-corrected chi connectivity index (χ1v) is 10.0. The van der Waals surface area contributed by atoms with Crippen LogP contribution in [0.1, 0.15) is 15.9 Å². The number of ketones is 1. The monoisotopic (exact) mass is 466 g/mol. The number of anilines is 1. The maximum Gasteiger partial charge on any atom is 0.244 e. The van der Waals surface area contributed by atoms with Gasteiger partial charge in [0.25, 0.3) is 0 Å². The van der Waals surface area contributed by atoms with Gasteiger partial charge in [-0.25, -0.2) is 13.2 Å². The predicted molar refractivity (Wildman–Crippen MR) is 120 cm³/mol. The first-order valence-electron chi connectivity index (χ1n) is 10.0. The molecule has 0 aliphatic carbocycles. The normalized spacial score (nSPS) is 10.8. The van der Waals surface area contributed by atoms with Gasteiger partial charge in [-0.2, -0.15) is 0 Å². The summed E-state index contributed by atoms with van der Waals surface area (Å²) in [6.07, 6.45) is 1.22. The Labute approximate surface area is 191 Å².